The van der Waals surface area contributed by atoms with Gasteiger partial charge in [0.25, 0.3) is 5.91 Å². The van der Waals surface area contributed by atoms with Crippen LogP contribution in [0.3, 0.4) is 0 Å². The van der Waals surface area contributed by atoms with Crippen molar-refractivity contribution in [1.82, 2.24) is 5.32 Å². The lowest BCUT2D eigenvalue weighted by Gasteiger charge is -2.14. The second kappa shape index (κ2) is 11.0. The van der Waals surface area contributed by atoms with Crippen molar-refractivity contribution in [2.24, 2.45) is 0 Å². The number of hydrogen-bond donors (Lipinski definition) is 1. The largest absolute Gasteiger partial charge is 0.493 e. The van der Waals surface area contributed by atoms with Gasteiger partial charge in [0.15, 0.2) is 18.1 Å². The molecule has 0 heterocycles. The Hall–Kier alpha value is -3.31. The Balaban J connectivity index is 2.24. The second-order valence-electron chi connectivity index (χ2n) is 6.17. The molecule has 2 aromatic carbocycles. The first-order valence-corrected chi connectivity index (χ1v) is 9.73. The minimum absolute atomic E-state index is 0.0660. The standard InChI is InChI=1S/C22H21BrN2O5/c1-14(15-7-5-4-6-8-15)25-22(27)17(12-24)9-16-10-19(28-2)20(11-18(16)23)30-13-21(26)29-3/h4-11,14H,13H2,1-3H3,(H,25,27)/b17-9-/t14-/m1/s1. The van der Waals surface area contributed by atoms with Gasteiger partial charge in [-0.05, 0) is 36.3 Å². The van der Waals surface area contributed by atoms with Gasteiger partial charge in [0.1, 0.15) is 11.6 Å². The summed E-state index contributed by atoms with van der Waals surface area (Å²) in [7, 11) is 2.71. The number of nitrogens with one attached hydrogen (secondary N) is 1. The Kier molecular flexibility index (Phi) is 8.44. The molecule has 7 nitrogen and oxygen atoms in total. The van der Waals surface area contributed by atoms with Gasteiger partial charge in [-0.3, -0.25) is 4.79 Å². The highest BCUT2D eigenvalue weighted by Crippen LogP contribution is 2.34. The third-order valence-electron chi connectivity index (χ3n) is 4.17. The molecule has 0 unspecified atom stereocenters. The maximum atomic E-state index is 12.6. The zero-order valence-electron chi connectivity index (χ0n) is 16.8. The van der Waals surface area contributed by atoms with E-state index in [1.54, 1.807) is 12.1 Å². The number of nitriles is 1. The topological polar surface area (TPSA) is 97.7 Å². The fraction of sp³-hybridized carbons (Fsp3) is 0.227. The minimum atomic E-state index is -0.534. The molecule has 1 atom stereocenters. The molecule has 2 aromatic rings. The Morgan fingerprint density at radius 2 is 1.90 bits per heavy atom. The SMILES string of the molecule is COC(=O)COc1cc(Br)c(/C=C(/C#N)C(=O)N[C@H](C)c2ccccc2)cc1OC. The molecule has 1 N–H and O–H groups in total. The van der Waals surface area contributed by atoms with E-state index in [1.807, 2.05) is 43.3 Å². The number of nitrogens with zero attached hydrogens (tertiary/aromatic N) is 1. The molecule has 0 aromatic heterocycles. The van der Waals surface area contributed by atoms with Crippen LogP contribution in [0, 0.1) is 11.3 Å². The highest BCUT2D eigenvalue weighted by atomic mass is 79.9. The highest BCUT2D eigenvalue weighted by molar-refractivity contribution is 9.10. The van der Waals surface area contributed by atoms with Gasteiger partial charge in [0, 0.05) is 4.47 Å². The number of hydrogen-bond acceptors (Lipinski definition) is 6. The predicted octanol–water partition coefficient (Wildman–Crippen LogP) is 3.79. The van der Waals surface area contributed by atoms with Crippen molar-refractivity contribution in [3.8, 4) is 17.6 Å². The van der Waals surface area contributed by atoms with Crippen LogP contribution in [0.2, 0.25) is 0 Å². The van der Waals surface area contributed by atoms with Crippen LogP contribution in [0.5, 0.6) is 11.5 Å². The molecular weight excluding hydrogens is 452 g/mol. The maximum Gasteiger partial charge on any atom is 0.343 e. The first-order chi connectivity index (χ1) is 14.4. The van der Waals surface area contributed by atoms with E-state index in [0.717, 1.165) is 5.56 Å². The van der Waals surface area contributed by atoms with Gasteiger partial charge in [-0.15, -0.1) is 0 Å². The molecule has 0 saturated heterocycles. The molecule has 1 amide bonds. The Morgan fingerprint density at radius 3 is 2.50 bits per heavy atom. The number of esters is 1. The summed E-state index contributed by atoms with van der Waals surface area (Å²) in [6.45, 7) is 1.56. The van der Waals surface area contributed by atoms with Gasteiger partial charge in [-0.2, -0.15) is 5.26 Å². The quantitative estimate of drug-likeness (QED) is 0.356. The van der Waals surface area contributed by atoms with E-state index in [4.69, 9.17) is 9.47 Å². The smallest absolute Gasteiger partial charge is 0.343 e. The molecule has 0 aliphatic heterocycles. The summed E-state index contributed by atoms with van der Waals surface area (Å²) < 4.78 is 15.8. The zero-order chi connectivity index (χ0) is 22.1. The average molecular weight is 473 g/mol. The van der Waals surface area contributed by atoms with E-state index in [1.165, 1.54) is 20.3 Å². The van der Waals surface area contributed by atoms with Gasteiger partial charge >= 0.3 is 5.97 Å². The van der Waals surface area contributed by atoms with Crippen LogP contribution in [0.1, 0.15) is 24.1 Å². The van der Waals surface area contributed by atoms with Crippen LogP contribution >= 0.6 is 15.9 Å². The summed E-state index contributed by atoms with van der Waals surface area (Å²) in [4.78, 5) is 23.9. The van der Waals surface area contributed by atoms with Crippen molar-refractivity contribution in [2.75, 3.05) is 20.8 Å². The summed E-state index contributed by atoms with van der Waals surface area (Å²) in [5.74, 6) is -0.379. The van der Waals surface area contributed by atoms with Gasteiger partial charge in [-0.1, -0.05) is 46.3 Å². The number of ether oxygens (including phenoxy) is 3. The van der Waals surface area contributed by atoms with Gasteiger partial charge in [0.2, 0.25) is 0 Å². The van der Waals surface area contributed by atoms with Crippen molar-refractivity contribution in [2.45, 2.75) is 13.0 Å². The summed E-state index contributed by atoms with van der Waals surface area (Å²) in [6, 6.07) is 14.3. The molecule has 0 aliphatic rings. The van der Waals surface area contributed by atoms with Gasteiger partial charge < -0.3 is 19.5 Å². The molecule has 0 spiro atoms. The van der Waals surface area contributed by atoms with Crippen LogP contribution in [0.4, 0.5) is 0 Å². The third-order valence-corrected chi connectivity index (χ3v) is 4.85. The van der Waals surface area contributed by atoms with Gasteiger partial charge in [-0.25, -0.2) is 4.79 Å². The lowest BCUT2D eigenvalue weighted by atomic mass is 10.1. The molecule has 156 valence electrons. The third kappa shape index (κ3) is 6.09. The molecular formula is C22H21BrN2O5. The number of halogens is 1. The maximum absolute atomic E-state index is 12.6. The number of amides is 1. The zero-order valence-corrected chi connectivity index (χ0v) is 18.4. The summed E-state index contributed by atoms with van der Waals surface area (Å²) >= 11 is 3.39. The van der Waals surface area contributed by atoms with Crippen LogP contribution in [-0.4, -0.2) is 32.7 Å². The van der Waals surface area contributed by atoms with E-state index in [-0.39, 0.29) is 18.2 Å². The van der Waals surface area contributed by atoms with Crippen molar-refractivity contribution in [3.63, 3.8) is 0 Å². The van der Waals surface area contributed by atoms with E-state index < -0.39 is 11.9 Å². The fourth-order valence-electron chi connectivity index (χ4n) is 2.53. The molecule has 0 bridgehead atoms. The Bertz CT molecular complexity index is 983. The minimum Gasteiger partial charge on any atom is -0.493 e. The number of methoxy groups -OCH3 is 2. The number of benzene rings is 2. The van der Waals surface area contributed by atoms with E-state index in [2.05, 4.69) is 26.0 Å². The predicted molar refractivity (Wildman–Crippen MR) is 115 cm³/mol. The van der Waals surface area contributed by atoms with E-state index in [9.17, 15) is 14.9 Å². The number of carbonyl (C=O) groups excluding carboxylic acids is 2. The molecule has 0 aliphatic carbocycles. The molecule has 30 heavy (non-hydrogen) atoms. The monoisotopic (exact) mass is 472 g/mol. The first kappa shape index (κ1) is 23.0. The highest BCUT2D eigenvalue weighted by Gasteiger charge is 2.16. The van der Waals surface area contributed by atoms with Crippen molar-refractivity contribution >= 4 is 33.9 Å². The Morgan fingerprint density at radius 1 is 1.20 bits per heavy atom. The van der Waals surface area contributed by atoms with Crippen molar-refractivity contribution in [1.29, 1.82) is 5.26 Å². The normalized spacial score (nSPS) is 11.8. The molecule has 8 heteroatoms. The van der Waals surface area contributed by atoms with Crippen LogP contribution in [0.15, 0.2) is 52.5 Å². The average Bonchev–Trinajstić information content (AvgIpc) is 2.76. The van der Waals surface area contributed by atoms with Crippen LogP contribution in [-0.2, 0) is 14.3 Å². The van der Waals surface area contributed by atoms with Crippen molar-refractivity contribution in [3.05, 3.63) is 63.6 Å². The molecule has 0 radical (unpaired) electrons. The first-order valence-electron chi connectivity index (χ1n) is 8.94. The number of carbonyl (C=O) groups is 2. The van der Waals surface area contributed by atoms with Crippen molar-refractivity contribution < 1.29 is 23.8 Å². The number of rotatable bonds is 8. The molecule has 0 fully saturated rings. The summed E-state index contributed by atoms with van der Waals surface area (Å²) in [5, 5.41) is 12.3. The van der Waals surface area contributed by atoms with Crippen LogP contribution in [0.25, 0.3) is 6.08 Å². The van der Waals surface area contributed by atoms with Gasteiger partial charge in [0.05, 0.1) is 20.3 Å². The van der Waals surface area contributed by atoms with E-state index in [0.29, 0.717) is 21.5 Å². The van der Waals surface area contributed by atoms with Crippen LogP contribution < -0.4 is 14.8 Å². The summed E-state index contributed by atoms with van der Waals surface area (Å²) in [6.07, 6.45) is 1.45. The second-order valence-corrected chi connectivity index (χ2v) is 7.02. The molecule has 2 rings (SSSR count). The molecule has 0 saturated carbocycles. The lowest BCUT2D eigenvalue weighted by molar-refractivity contribution is -0.142. The summed E-state index contributed by atoms with van der Waals surface area (Å²) in [5.41, 5.74) is 1.40. The fourth-order valence-corrected chi connectivity index (χ4v) is 2.97. The van der Waals surface area contributed by atoms with E-state index >= 15 is 0 Å². The Labute approximate surface area is 183 Å². The lowest BCUT2D eigenvalue weighted by Crippen LogP contribution is -2.27.